The molecule has 0 aliphatic rings. The molecule has 20 heavy (non-hydrogen) atoms. The maximum Gasteiger partial charge on any atom is 0.204 e. The van der Waals surface area contributed by atoms with Crippen molar-refractivity contribution < 1.29 is 4.39 Å². The number of nitrogens with zero attached hydrogens (tertiary/aromatic N) is 2. The molecule has 0 spiro atoms. The summed E-state index contributed by atoms with van der Waals surface area (Å²) < 4.78 is 13.9. The summed E-state index contributed by atoms with van der Waals surface area (Å²) in [5.74, 6) is -0.253. The van der Waals surface area contributed by atoms with E-state index in [1.807, 2.05) is 37.3 Å². The Labute approximate surface area is 119 Å². The molecule has 0 radical (unpaired) electrons. The minimum absolute atomic E-state index is 0.253. The van der Waals surface area contributed by atoms with Crippen LogP contribution in [0.25, 0.3) is 10.2 Å². The molecular formula is C15H12FN3S. The van der Waals surface area contributed by atoms with Crippen LogP contribution in [0.4, 0.5) is 9.52 Å². The van der Waals surface area contributed by atoms with E-state index in [-0.39, 0.29) is 5.82 Å². The zero-order valence-corrected chi connectivity index (χ0v) is 11.6. The number of anilines is 1. The molecule has 3 nitrogen and oxygen atoms in total. The average Bonchev–Trinajstić information content (AvgIpc) is 2.87. The first-order chi connectivity index (χ1) is 9.72. The molecule has 0 bridgehead atoms. The Morgan fingerprint density at radius 3 is 2.80 bits per heavy atom. The zero-order valence-electron chi connectivity index (χ0n) is 10.8. The van der Waals surface area contributed by atoms with Crippen molar-refractivity contribution in [3.63, 3.8) is 0 Å². The monoisotopic (exact) mass is 285 g/mol. The number of fused-ring (bicyclic) bond motifs is 1. The molecule has 0 saturated heterocycles. The Hall–Kier alpha value is -2.27. The number of hydrogen-bond donors (Lipinski definition) is 1. The number of thiazole rings is 1. The minimum Gasteiger partial charge on any atom is -0.252 e. The Kier molecular flexibility index (Phi) is 3.43. The fourth-order valence-corrected chi connectivity index (χ4v) is 2.66. The van der Waals surface area contributed by atoms with Crippen LogP contribution in [-0.4, -0.2) is 10.7 Å². The second kappa shape index (κ2) is 5.38. The summed E-state index contributed by atoms with van der Waals surface area (Å²) in [5.41, 5.74) is 5.61. The first-order valence-corrected chi connectivity index (χ1v) is 6.96. The molecule has 3 rings (SSSR count). The second-order valence-corrected chi connectivity index (χ2v) is 5.34. The molecule has 0 unspecified atom stereocenters. The van der Waals surface area contributed by atoms with Crippen LogP contribution in [0, 0.1) is 5.82 Å². The predicted octanol–water partition coefficient (Wildman–Crippen LogP) is 4.27. The highest BCUT2D eigenvalue weighted by Gasteiger charge is 2.04. The third-order valence-corrected chi connectivity index (χ3v) is 3.78. The molecule has 1 aromatic heterocycles. The summed E-state index contributed by atoms with van der Waals surface area (Å²) in [6.07, 6.45) is 0. The lowest BCUT2D eigenvalue weighted by atomic mass is 10.1. The SMILES string of the molecule is CC(=NNc1nc2ccc(F)cc2s1)c1ccccc1. The lowest BCUT2D eigenvalue weighted by molar-refractivity contribution is 0.630. The van der Waals surface area contributed by atoms with Crippen LogP contribution < -0.4 is 5.43 Å². The van der Waals surface area contributed by atoms with Gasteiger partial charge in [0.25, 0.3) is 0 Å². The van der Waals surface area contributed by atoms with E-state index in [0.717, 1.165) is 21.5 Å². The van der Waals surface area contributed by atoms with Crippen molar-refractivity contribution in [3.05, 3.63) is 59.9 Å². The van der Waals surface area contributed by atoms with Crippen molar-refractivity contribution >= 4 is 32.4 Å². The molecule has 0 aliphatic carbocycles. The van der Waals surface area contributed by atoms with Crippen molar-refractivity contribution in [1.29, 1.82) is 0 Å². The lowest BCUT2D eigenvalue weighted by Gasteiger charge is -2.00. The molecular weight excluding hydrogens is 273 g/mol. The van der Waals surface area contributed by atoms with E-state index >= 15 is 0 Å². The van der Waals surface area contributed by atoms with Crippen LogP contribution >= 0.6 is 11.3 Å². The smallest absolute Gasteiger partial charge is 0.204 e. The van der Waals surface area contributed by atoms with Crippen molar-refractivity contribution in [2.24, 2.45) is 5.10 Å². The Morgan fingerprint density at radius 1 is 1.20 bits per heavy atom. The number of benzene rings is 2. The largest absolute Gasteiger partial charge is 0.252 e. The van der Waals surface area contributed by atoms with Gasteiger partial charge in [0, 0.05) is 0 Å². The fourth-order valence-electron chi connectivity index (χ4n) is 1.82. The highest BCUT2D eigenvalue weighted by Crippen LogP contribution is 2.26. The molecule has 1 N–H and O–H groups in total. The van der Waals surface area contributed by atoms with Gasteiger partial charge in [-0.15, -0.1) is 0 Å². The first-order valence-electron chi connectivity index (χ1n) is 6.14. The van der Waals surface area contributed by atoms with Gasteiger partial charge >= 0.3 is 0 Å². The van der Waals surface area contributed by atoms with Gasteiger partial charge in [-0.3, -0.25) is 5.43 Å². The van der Waals surface area contributed by atoms with Gasteiger partial charge in [0.2, 0.25) is 5.13 Å². The Morgan fingerprint density at radius 2 is 2.00 bits per heavy atom. The van der Waals surface area contributed by atoms with Crippen molar-refractivity contribution in [1.82, 2.24) is 4.98 Å². The van der Waals surface area contributed by atoms with Gasteiger partial charge in [0.1, 0.15) is 5.82 Å². The summed E-state index contributed by atoms with van der Waals surface area (Å²) in [6, 6.07) is 14.4. The van der Waals surface area contributed by atoms with Crippen LogP contribution in [0.15, 0.2) is 53.6 Å². The summed E-state index contributed by atoms with van der Waals surface area (Å²) in [6.45, 7) is 1.93. The molecule has 100 valence electrons. The standard InChI is InChI=1S/C15H12FN3S/c1-10(11-5-3-2-4-6-11)18-19-15-17-13-8-7-12(16)9-14(13)20-15/h2-9H,1H3,(H,17,19). The normalized spacial score (nSPS) is 11.8. The molecule has 0 amide bonds. The van der Waals surface area contributed by atoms with Crippen LogP contribution in [0.2, 0.25) is 0 Å². The van der Waals surface area contributed by atoms with E-state index in [1.54, 1.807) is 6.07 Å². The maximum atomic E-state index is 13.1. The molecule has 0 fully saturated rings. The fraction of sp³-hybridized carbons (Fsp3) is 0.0667. The van der Waals surface area contributed by atoms with Crippen molar-refractivity contribution in [2.45, 2.75) is 6.92 Å². The summed E-state index contributed by atoms with van der Waals surface area (Å²) >= 11 is 1.38. The molecule has 0 atom stereocenters. The second-order valence-electron chi connectivity index (χ2n) is 4.31. The topological polar surface area (TPSA) is 37.3 Å². The van der Waals surface area contributed by atoms with E-state index < -0.39 is 0 Å². The third-order valence-electron chi connectivity index (χ3n) is 2.86. The number of aromatic nitrogens is 1. The van der Waals surface area contributed by atoms with Gasteiger partial charge < -0.3 is 0 Å². The predicted molar refractivity (Wildman–Crippen MR) is 81.9 cm³/mol. The van der Waals surface area contributed by atoms with Gasteiger partial charge in [-0.05, 0) is 30.7 Å². The quantitative estimate of drug-likeness (QED) is 0.576. The van der Waals surface area contributed by atoms with Crippen molar-refractivity contribution in [2.75, 3.05) is 5.43 Å². The van der Waals surface area contributed by atoms with Crippen LogP contribution in [0.5, 0.6) is 0 Å². The Balaban J connectivity index is 1.83. The summed E-state index contributed by atoms with van der Waals surface area (Å²) in [5, 5.41) is 4.96. The Bertz CT molecular complexity index is 765. The van der Waals surface area contributed by atoms with Crippen molar-refractivity contribution in [3.8, 4) is 0 Å². The van der Waals surface area contributed by atoms with Gasteiger partial charge in [-0.1, -0.05) is 41.7 Å². The van der Waals surface area contributed by atoms with Gasteiger partial charge in [0.05, 0.1) is 15.9 Å². The maximum absolute atomic E-state index is 13.1. The number of rotatable bonds is 3. The average molecular weight is 285 g/mol. The van der Waals surface area contributed by atoms with Gasteiger partial charge in [-0.25, -0.2) is 9.37 Å². The highest BCUT2D eigenvalue weighted by molar-refractivity contribution is 7.22. The lowest BCUT2D eigenvalue weighted by Crippen LogP contribution is -1.98. The molecule has 3 aromatic rings. The van der Waals surface area contributed by atoms with Gasteiger partial charge in [-0.2, -0.15) is 5.10 Å². The minimum atomic E-state index is -0.253. The van der Waals surface area contributed by atoms with E-state index in [2.05, 4.69) is 15.5 Å². The van der Waals surface area contributed by atoms with E-state index in [9.17, 15) is 4.39 Å². The molecule has 0 aliphatic heterocycles. The first kappa shape index (κ1) is 12.7. The van der Waals surface area contributed by atoms with Crippen LogP contribution in [0.1, 0.15) is 12.5 Å². The zero-order chi connectivity index (χ0) is 13.9. The number of hydrogen-bond acceptors (Lipinski definition) is 4. The number of hydrazone groups is 1. The van der Waals surface area contributed by atoms with E-state index in [4.69, 9.17) is 0 Å². The van der Waals surface area contributed by atoms with Crippen LogP contribution in [-0.2, 0) is 0 Å². The van der Waals surface area contributed by atoms with Gasteiger partial charge in [0.15, 0.2) is 0 Å². The van der Waals surface area contributed by atoms with Crippen LogP contribution in [0.3, 0.4) is 0 Å². The van der Waals surface area contributed by atoms with E-state index in [1.165, 1.54) is 23.5 Å². The third kappa shape index (κ3) is 2.67. The summed E-state index contributed by atoms with van der Waals surface area (Å²) in [4.78, 5) is 4.35. The van der Waals surface area contributed by atoms with E-state index in [0.29, 0.717) is 5.13 Å². The summed E-state index contributed by atoms with van der Waals surface area (Å²) in [7, 11) is 0. The molecule has 0 saturated carbocycles. The highest BCUT2D eigenvalue weighted by atomic mass is 32.1. The molecule has 5 heteroatoms. The number of halogens is 1. The molecule has 2 aromatic carbocycles. The molecule has 1 heterocycles. The number of nitrogens with one attached hydrogen (secondary N) is 1.